The third kappa shape index (κ3) is 2.40. The zero-order valence-electron chi connectivity index (χ0n) is 8.53. The van der Waals surface area contributed by atoms with Crippen molar-refractivity contribution in [2.75, 3.05) is 5.32 Å². The van der Waals surface area contributed by atoms with Gasteiger partial charge in [-0.2, -0.15) is 0 Å². The van der Waals surface area contributed by atoms with Gasteiger partial charge in [-0.15, -0.1) is 11.3 Å². The third-order valence-corrected chi connectivity index (χ3v) is 3.12. The summed E-state index contributed by atoms with van der Waals surface area (Å²) >= 11 is 7.34. The van der Waals surface area contributed by atoms with Crippen LogP contribution in [0, 0.1) is 6.92 Å². The Labute approximate surface area is 102 Å². The van der Waals surface area contributed by atoms with E-state index in [1.807, 2.05) is 6.92 Å². The van der Waals surface area contributed by atoms with Gasteiger partial charge in [-0.05, 0) is 19.1 Å². The molecular weight excluding hydrogens is 244 g/mol. The highest BCUT2D eigenvalue weighted by Gasteiger charge is 2.10. The van der Waals surface area contributed by atoms with Crippen LogP contribution in [0.5, 0.6) is 0 Å². The number of carbonyl (C=O) groups excluding carboxylic acids is 1. The first-order valence-electron chi connectivity index (χ1n) is 4.65. The van der Waals surface area contributed by atoms with E-state index in [1.54, 1.807) is 30.5 Å². The fourth-order valence-corrected chi connectivity index (χ4v) is 2.10. The third-order valence-electron chi connectivity index (χ3n) is 1.96. The molecule has 0 radical (unpaired) electrons. The van der Waals surface area contributed by atoms with E-state index >= 15 is 0 Å². The minimum Gasteiger partial charge on any atom is -0.298 e. The number of thiazole rings is 1. The second-order valence-corrected chi connectivity index (χ2v) is 4.85. The maximum Gasteiger partial charge on any atom is 0.258 e. The summed E-state index contributed by atoms with van der Waals surface area (Å²) in [5.41, 5.74) is 0.456. The van der Waals surface area contributed by atoms with Gasteiger partial charge >= 0.3 is 0 Å². The molecular formula is C11H9ClN2OS. The Kier molecular flexibility index (Phi) is 3.22. The average Bonchev–Trinajstić information content (AvgIpc) is 2.64. The van der Waals surface area contributed by atoms with Crippen molar-refractivity contribution in [3.05, 3.63) is 45.9 Å². The van der Waals surface area contributed by atoms with Crippen molar-refractivity contribution in [3.63, 3.8) is 0 Å². The van der Waals surface area contributed by atoms with Crippen LogP contribution in [0.4, 0.5) is 5.13 Å². The molecule has 16 heavy (non-hydrogen) atoms. The molecule has 0 saturated carbocycles. The topological polar surface area (TPSA) is 42.0 Å². The number of amides is 1. The first-order valence-corrected chi connectivity index (χ1v) is 5.84. The molecule has 1 amide bonds. The molecule has 2 aromatic rings. The number of anilines is 1. The number of hydrogen-bond donors (Lipinski definition) is 1. The first-order chi connectivity index (χ1) is 7.66. The fourth-order valence-electron chi connectivity index (χ4n) is 1.22. The molecule has 0 bridgehead atoms. The lowest BCUT2D eigenvalue weighted by atomic mass is 10.2. The zero-order valence-corrected chi connectivity index (χ0v) is 10.1. The van der Waals surface area contributed by atoms with Gasteiger partial charge < -0.3 is 0 Å². The summed E-state index contributed by atoms with van der Waals surface area (Å²) in [5, 5.41) is 3.73. The highest BCUT2D eigenvalue weighted by atomic mass is 35.5. The number of nitrogens with zero attached hydrogens (tertiary/aromatic N) is 1. The monoisotopic (exact) mass is 252 g/mol. The average molecular weight is 253 g/mol. The Hall–Kier alpha value is -1.39. The van der Waals surface area contributed by atoms with Crippen molar-refractivity contribution in [2.45, 2.75) is 6.92 Å². The molecule has 0 spiro atoms. The Bertz CT molecular complexity index is 524. The smallest absolute Gasteiger partial charge is 0.258 e. The van der Waals surface area contributed by atoms with Crippen molar-refractivity contribution < 1.29 is 4.79 Å². The molecule has 0 aliphatic rings. The van der Waals surface area contributed by atoms with E-state index < -0.39 is 0 Å². The Morgan fingerprint density at radius 1 is 1.44 bits per heavy atom. The highest BCUT2D eigenvalue weighted by Crippen LogP contribution is 2.20. The molecule has 2 rings (SSSR count). The Balaban J connectivity index is 2.18. The van der Waals surface area contributed by atoms with Crippen LogP contribution in [0.3, 0.4) is 0 Å². The standard InChI is InChI=1S/C11H9ClN2OS/c1-7-6-13-11(16-7)14-10(15)8-4-2-3-5-9(8)12/h2-6H,1H3,(H,13,14,15). The van der Waals surface area contributed by atoms with E-state index in [0.29, 0.717) is 15.7 Å². The minimum absolute atomic E-state index is 0.236. The van der Waals surface area contributed by atoms with Crippen LogP contribution in [0.15, 0.2) is 30.5 Å². The van der Waals surface area contributed by atoms with Crippen molar-refractivity contribution >= 4 is 34.0 Å². The summed E-state index contributed by atoms with van der Waals surface area (Å²) in [7, 11) is 0. The largest absolute Gasteiger partial charge is 0.298 e. The van der Waals surface area contributed by atoms with Gasteiger partial charge in [0.1, 0.15) is 0 Å². The lowest BCUT2D eigenvalue weighted by molar-refractivity contribution is 0.102. The van der Waals surface area contributed by atoms with E-state index in [0.717, 1.165) is 4.88 Å². The zero-order chi connectivity index (χ0) is 11.5. The van der Waals surface area contributed by atoms with E-state index in [1.165, 1.54) is 11.3 Å². The quantitative estimate of drug-likeness (QED) is 0.891. The second kappa shape index (κ2) is 4.63. The van der Waals surface area contributed by atoms with Gasteiger partial charge in [0.2, 0.25) is 0 Å². The summed E-state index contributed by atoms with van der Waals surface area (Å²) < 4.78 is 0. The highest BCUT2D eigenvalue weighted by molar-refractivity contribution is 7.15. The molecule has 1 N–H and O–H groups in total. The molecule has 0 aliphatic heterocycles. The van der Waals surface area contributed by atoms with Gasteiger partial charge in [-0.25, -0.2) is 4.98 Å². The SMILES string of the molecule is Cc1cnc(NC(=O)c2ccccc2Cl)s1. The molecule has 0 saturated heterocycles. The molecule has 1 aromatic heterocycles. The number of aryl methyl sites for hydroxylation is 1. The number of carbonyl (C=O) groups is 1. The number of halogens is 1. The molecule has 5 heteroatoms. The predicted octanol–water partition coefficient (Wildman–Crippen LogP) is 3.36. The van der Waals surface area contributed by atoms with Crippen LogP contribution in [-0.4, -0.2) is 10.9 Å². The Morgan fingerprint density at radius 3 is 2.81 bits per heavy atom. The Morgan fingerprint density at radius 2 is 2.19 bits per heavy atom. The summed E-state index contributed by atoms with van der Waals surface area (Å²) in [6.07, 6.45) is 1.72. The van der Waals surface area contributed by atoms with Crippen LogP contribution < -0.4 is 5.32 Å². The fraction of sp³-hybridized carbons (Fsp3) is 0.0909. The van der Waals surface area contributed by atoms with Crippen LogP contribution in [0.25, 0.3) is 0 Å². The van der Waals surface area contributed by atoms with Gasteiger partial charge in [-0.1, -0.05) is 23.7 Å². The lowest BCUT2D eigenvalue weighted by Gasteiger charge is -2.02. The molecule has 1 aromatic carbocycles. The molecule has 3 nitrogen and oxygen atoms in total. The maximum absolute atomic E-state index is 11.8. The van der Waals surface area contributed by atoms with Crippen molar-refractivity contribution in [2.24, 2.45) is 0 Å². The van der Waals surface area contributed by atoms with Gasteiger partial charge in [0.15, 0.2) is 5.13 Å². The van der Waals surface area contributed by atoms with E-state index in [-0.39, 0.29) is 5.91 Å². The summed E-state index contributed by atoms with van der Waals surface area (Å²) in [5.74, 6) is -0.236. The van der Waals surface area contributed by atoms with Crippen molar-refractivity contribution in [1.29, 1.82) is 0 Å². The van der Waals surface area contributed by atoms with Gasteiger partial charge in [0.25, 0.3) is 5.91 Å². The second-order valence-electron chi connectivity index (χ2n) is 3.21. The number of aromatic nitrogens is 1. The summed E-state index contributed by atoms with van der Waals surface area (Å²) in [4.78, 5) is 16.9. The van der Waals surface area contributed by atoms with E-state index in [9.17, 15) is 4.79 Å². The first kappa shape index (κ1) is 11.1. The molecule has 0 fully saturated rings. The number of benzene rings is 1. The van der Waals surface area contributed by atoms with Gasteiger partial charge in [0, 0.05) is 11.1 Å². The van der Waals surface area contributed by atoms with Crippen LogP contribution in [0.1, 0.15) is 15.2 Å². The minimum atomic E-state index is -0.236. The number of nitrogens with one attached hydrogen (secondary N) is 1. The molecule has 0 unspecified atom stereocenters. The summed E-state index contributed by atoms with van der Waals surface area (Å²) in [6.45, 7) is 1.93. The van der Waals surface area contributed by atoms with Crippen LogP contribution in [0.2, 0.25) is 5.02 Å². The van der Waals surface area contributed by atoms with Gasteiger partial charge in [-0.3, -0.25) is 10.1 Å². The number of rotatable bonds is 2. The van der Waals surface area contributed by atoms with Crippen LogP contribution in [-0.2, 0) is 0 Å². The normalized spacial score (nSPS) is 10.1. The van der Waals surface area contributed by atoms with E-state index in [2.05, 4.69) is 10.3 Å². The summed E-state index contributed by atoms with van der Waals surface area (Å²) in [6, 6.07) is 6.92. The van der Waals surface area contributed by atoms with Gasteiger partial charge in [0.05, 0.1) is 10.6 Å². The maximum atomic E-state index is 11.8. The van der Waals surface area contributed by atoms with Crippen LogP contribution >= 0.6 is 22.9 Å². The van der Waals surface area contributed by atoms with Crippen molar-refractivity contribution in [3.8, 4) is 0 Å². The van der Waals surface area contributed by atoms with E-state index in [4.69, 9.17) is 11.6 Å². The molecule has 82 valence electrons. The lowest BCUT2D eigenvalue weighted by Crippen LogP contribution is -2.11. The van der Waals surface area contributed by atoms with Crippen molar-refractivity contribution in [1.82, 2.24) is 4.98 Å². The molecule has 1 heterocycles. The number of hydrogen-bond acceptors (Lipinski definition) is 3. The molecule has 0 aliphatic carbocycles. The predicted molar refractivity (Wildman–Crippen MR) is 66.3 cm³/mol. The molecule has 0 atom stereocenters.